The van der Waals surface area contributed by atoms with Crippen molar-refractivity contribution in [2.24, 2.45) is 0 Å². The minimum absolute atomic E-state index is 0.0580. The largest absolute Gasteiger partial charge is 0.493 e. The molecular formula is C22H26BrNO3. The molecule has 0 aliphatic heterocycles. The Morgan fingerprint density at radius 3 is 2.56 bits per heavy atom. The van der Waals surface area contributed by atoms with Gasteiger partial charge in [-0.25, -0.2) is 0 Å². The van der Waals surface area contributed by atoms with Crippen LogP contribution in [0.1, 0.15) is 48.5 Å². The van der Waals surface area contributed by atoms with Crippen LogP contribution < -0.4 is 14.8 Å². The first-order valence-corrected chi connectivity index (χ1v) is 10.2. The minimum Gasteiger partial charge on any atom is -0.493 e. The molecule has 1 aliphatic carbocycles. The van der Waals surface area contributed by atoms with Crippen LogP contribution in [-0.4, -0.2) is 26.2 Å². The standard InChI is InChI=1S/C22H26BrNO3/c1-3-12-27-20-18(23)13-16(14-19(20)26-2)21(25)24-15-22(10-7-11-22)17-8-5-4-6-9-17/h4-6,8-9,13-14H,3,7,10-12,15H2,1-2H3,(H,24,25). The van der Waals surface area contributed by atoms with Gasteiger partial charge in [0.2, 0.25) is 0 Å². The van der Waals surface area contributed by atoms with E-state index in [4.69, 9.17) is 9.47 Å². The van der Waals surface area contributed by atoms with Gasteiger partial charge in [-0.05, 0) is 52.9 Å². The van der Waals surface area contributed by atoms with E-state index in [1.54, 1.807) is 19.2 Å². The van der Waals surface area contributed by atoms with E-state index in [-0.39, 0.29) is 11.3 Å². The normalized spacial score (nSPS) is 14.9. The van der Waals surface area contributed by atoms with Crippen molar-refractivity contribution in [2.45, 2.75) is 38.0 Å². The molecule has 0 radical (unpaired) electrons. The fourth-order valence-electron chi connectivity index (χ4n) is 3.51. The molecule has 4 nitrogen and oxygen atoms in total. The van der Waals surface area contributed by atoms with Gasteiger partial charge in [0.1, 0.15) is 0 Å². The average Bonchev–Trinajstić information content (AvgIpc) is 2.66. The molecule has 1 fully saturated rings. The Balaban J connectivity index is 1.73. The molecular weight excluding hydrogens is 406 g/mol. The fraction of sp³-hybridized carbons (Fsp3) is 0.409. The average molecular weight is 432 g/mol. The third-order valence-electron chi connectivity index (χ3n) is 5.23. The highest BCUT2D eigenvalue weighted by Gasteiger charge is 2.38. The fourth-order valence-corrected chi connectivity index (χ4v) is 4.07. The number of hydrogen-bond acceptors (Lipinski definition) is 3. The van der Waals surface area contributed by atoms with Gasteiger partial charge in [0, 0.05) is 17.5 Å². The van der Waals surface area contributed by atoms with Gasteiger partial charge in [0.15, 0.2) is 11.5 Å². The molecule has 3 rings (SSSR count). The van der Waals surface area contributed by atoms with E-state index in [9.17, 15) is 4.79 Å². The zero-order chi connectivity index (χ0) is 19.3. The van der Waals surface area contributed by atoms with Gasteiger partial charge in [0.05, 0.1) is 18.2 Å². The molecule has 27 heavy (non-hydrogen) atoms. The molecule has 1 saturated carbocycles. The van der Waals surface area contributed by atoms with E-state index in [2.05, 4.69) is 45.5 Å². The van der Waals surface area contributed by atoms with Gasteiger partial charge < -0.3 is 14.8 Å². The van der Waals surface area contributed by atoms with Crippen molar-refractivity contribution in [3.63, 3.8) is 0 Å². The smallest absolute Gasteiger partial charge is 0.251 e. The minimum atomic E-state index is -0.0988. The highest BCUT2D eigenvalue weighted by molar-refractivity contribution is 9.10. The number of carbonyl (C=O) groups excluding carboxylic acids is 1. The summed E-state index contributed by atoms with van der Waals surface area (Å²) in [5.74, 6) is 1.10. The summed E-state index contributed by atoms with van der Waals surface area (Å²) in [6.07, 6.45) is 4.31. The lowest BCUT2D eigenvalue weighted by atomic mass is 9.64. The Hall–Kier alpha value is -2.01. The number of benzene rings is 2. The second-order valence-corrected chi connectivity index (χ2v) is 7.87. The first-order valence-electron chi connectivity index (χ1n) is 9.43. The molecule has 0 heterocycles. The monoisotopic (exact) mass is 431 g/mol. The van der Waals surface area contributed by atoms with Gasteiger partial charge in [-0.3, -0.25) is 4.79 Å². The summed E-state index contributed by atoms with van der Waals surface area (Å²) in [6, 6.07) is 14.0. The van der Waals surface area contributed by atoms with Crippen molar-refractivity contribution in [1.82, 2.24) is 5.32 Å². The number of carbonyl (C=O) groups is 1. The summed E-state index contributed by atoms with van der Waals surface area (Å²) >= 11 is 3.50. The summed E-state index contributed by atoms with van der Waals surface area (Å²) in [6.45, 7) is 3.29. The second kappa shape index (κ2) is 8.79. The molecule has 5 heteroatoms. The summed E-state index contributed by atoms with van der Waals surface area (Å²) in [7, 11) is 1.58. The van der Waals surface area contributed by atoms with Crippen LogP contribution in [0.15, 0.2) is 46.9 Å². The Morgan fingerprint density at radius 2 is 1.96 bits per heavy atom. The van der Waals surface area contributed by atoms with Crippen LogP contribution in [0.4, 0.5) is 0 Å². The highest BCUT2D eigenvalue weighted by atomic mass is 79.9. The zero-order valence-corrected chi connectivity index (χ0v) is 17.5. The van der Waals surface area contributed by atoms with Crippen LogP contribution in [0.5, 0.6) is 11.5 Å². The van der Waals surface area contributed by atoms with Gasteiger partial charge in [-0.15, -0.1) is 0 Å². The Labute approximate surface area is 169 Å². The van der Waals surface area contributed by atoms with Gasteiger partial charge in [-0.1, -0.05) is 43.7 Å². The van der Waals surface area contributed by atoms with E-state index >= 15 is 0 Å². The highest BCUT2D eigenvalue weighted by Crippen LogP contribution is 2.43. The number of rotatable bonds is 8. The van der Waals surface area contributed by atoms with Crippen LogP contribution in [0.25, 0.3) is 0 Å². The molecule has 0 saturated heterocycles. The first-order chi connectivity index (χ1) is 13.1. The molecule has 2 aromatic carbocycles. The molecule has 1 aliphatic rings. The molecule has 1 N–H and O–H groups in total. The first kappa shape index (κ1) is 19.7. The van der Waals surface area contributed by atoms with Crippen molar-refractivity contribution < 1.29 is 14.3 Å². The van der Waals surface area contributed by atoms with Gasteiger partial charge in [0.25, 0.3) is 5.91 Å². The third kappa shape index (κ3) is 4.29. The quantitative estimate of drug-likeness (QED) is 0.632. The maximum atomic E-state index is 12.8. The zero-order valence-electron chi connectivity index (χ0n) is 15.9. The van der Waals surface area contributed by atoms with E-state index in [1.807, 2.05) is 13.0 Å². The van der Waals surface area contributed by atoms with E-state index in [0.29, 0.717) is 30.2 Å². The lowest BCUT2D eigenvalue weighted by molar-refractivity contribution is 0.0927. The predicted molar refractivity (Wildman–Crippen MR) is 111 cm³/mol. The van der Waals surface area contributed by atoms with E-state index < -0.39 is 0 Å². The number of amides is 1. The molecule has 1 amide bonds. The van der Waals surface area contributed by atoms with Crippen molar-refractivity contribution in [1.29, 1.82) is 0 Å². The molecule has 0 unspecified atom stereocenters. The predicted octanol–water partition coefficient (Wildman–Crippen LogP) is 5.10. The summed E-state index contributed by atoms with van der Waals surface area (Å²) in [5, 5.41) is 3.13. The lowest BCUT2D eigenvalue weighted by Crippen LogP contribution is -2.45. The number of halogens is 1. The molecule has 0 bridgehead atoms. The molecule has 0 atom stereocenters. The second-order valence-electron chi connectivity index (χ2n) is 7.02. The number of ether oxygens (including phenoxy) is 2. The Kier molecular flexibility index (Phi) is 6.42. The van der Waals surface area contributed by atoms with E-state index in [1.165, 1.54) is 12.0 Å². The Bertz CT molecular complexity index is 788. The maximum Gasteiger partial charge on any atom is 0.251 e. The van der Waals surface area contributed by atoms with Crippen LogP contribution in [-0.2, 0) is 5.41 Å². The van der Waals surface area contributed by atoms with Gasteiger partial charge >= 0.3 is 0 Å². The van der Waals surface area contributed by atoms with Crippen molar-refractivity contribution in [2.75, 3.05) is 20.3 Å². The summed E-state index contributed by atoms with van der Waals surface area (Å²) in [4.78, 5) is 12.8. The van der Waals surface area contributed by atoms with Crippen molar-refractivity contribution in [3.05, 3.63) is 58.1 Å². The third-order valence-corrected chi connectivity index (χ3v) is 5.82. The number of nitrogens with one attached hydrogen (secondary N) is 1. The molecule has 2 aromatic rings. The number of hydrogen-bond donors (Lipinski definition) is 1. The van der Waals surface area contributed by atoms with Crippen LogP contribution in [0.3, 0.4) is 0 Å². The molecule has 144 valence electrons. The van der Waals surface area contributed by atoms with Crippen LogP contribution >= 0.6 is 15.9 Å². The van der Waals surface area contributed by atoms with Crippen molar-refractivity contribution >= 4 is 21.8 Å². The van der Waals surface area contributed by atoms with Crippen LogP contribution in [0.2, 0.25) is 0 Å². The van der Waals surface area contributed by atoms with E-state index in [0.717, 1.165) is 23.7 Å². The van der Waals surface area contributed by atoms with Crippen LogP contribution in [0, 0.1) is 0 Å². The summed E-state index contributed by atoms with van der Waals surface area (Å²) in [5.41, 5.74) is 1.92. The SMILES string of the molecule is CCCOc1c(Br)cc(C(=O)NCC2(c3ccccc3)CCC2)cc1OC. The van der Waals surface area contributed by atoms with Gasteiger partial charge in [-0.2, -0.15) is 0 Å². The Morgan fingerprint density at radius 1 is 1.22 bits per heavy atom. The molecule has 0 aromatic heterocycles. The molecule has 0 spiro atoms. The lowest BCUT2D eigenvalue weighted by Gasteiger charge is -2.42. The maximum absolute atomic E-state index is 12.8. The number of methoxy groups -OCH3 is 1. The summed E-state index contributed by atoms with van der Waals surface area (Å²) < 4.78 is 11.9. The topological polar surface area (TPSA) is 47.6 Å². The van der Waals surface area contributed by atoms with Crippen molar-refractivity contribution in [3.8, 4) is 11.5 Å².